The molecule has 3 nitrogen and oxygen atoms in total. The molecule has 1 heterocycles. The zero-order chi connectivity index (χ0) is 17.9. The largest absolute Gasteiger partial charge is 0.310 e. The van der Waals surface area contributed by atoms with Crippen molar-refractivity contribution in [3.8, 4) is 0 Å². The molecule has 2 unspecified atom stereocenters. The van der Waals surface area contributed by atoms with Crippen molar-refractivity contribution in [3.05, 3.63) is 71.8 Å². The fourth-order valence-corrected chi connectivity index (χ4v) is 4.41. The number of aryl methyl sites for hydroxylation is 1. The Bertz CT molecular complexity index is 991. The summed E-state index contributed by atoms with van der Waals surface area (Å²) in [4.78, 5) is 5.01. The van der Waals surface area contributed by atoms with Crippen LogP contribution in [0.4, 0.5) is 5.69 Å². The van der Waals surface area contributed by atoms with Crippen LogP contribution in [0.15, 0.2) is 70.6 Å². The van der Waals surface area contributed by atoms with Gasteiger partial charge in [-0.3, -0.25) is 0 Å². The molecule has 2 atom stereocenters. The molecular formula is C22H22N2OS. The lowest BCUT2D eigenvalue weighted by Gasteiger charge is -2.16. The maximum Gasteiger partial charge on any atom is 0.0984 e. The van der Waals surface area contributed by atoms with Crippen molar-refractivity contribution in [2.24, 2.45) is 4.99 Å². The van der Waals surface area contributed by atoms with Gasteiger partial charge in [-0.1, -0.05) is 48.5 Å². The number of aliphatic imine (C=N–C) groups is 1. The van der Waals surface area contributed by atoms with Gasteiger partial charge in [0, 0.05) is 6.04 Å². The van der Waals surface area contributed by atoms with Crippen molar-refractivity contribution in [1.82, 2.24) is 5.32 Å². The monoisotopic (exact) mass is 362 g/mol. The van der Waals surface area contributed by atoms with Gasteiger partial charge in [-0.05, 0) is 60.3 Å². The minimum Gasteiger partial charge on any atom is -0.310 e. The van der Waals surface area contributed by atoms with Crippen LogP contribution in [0.1, 0.15) is 30.5 Å². The van der Waals surface area contributed by atoms with Gasteiger partial charge in [-0.15, -0.1) is 0 Å². The second-order valence-corrected chi connectivity index (χ2v) is 7.93. The lowest BCUT2D eigenvalue weighted by atomic mass is 9.99. The topological polar surface area (TPSA) is 41.5 Å². The lowest BCUT2D eigenvalue weighted by Crippen LogP contribution is -2.20. The van der Waals surface area contributed by atoms with E-state index in [0.29, 0.717) is 6.04 Å². The third kappa shape index (κ3) is 3.48. The minimum absolute atomic E-state index is 0.307. The number of hydrogen-bond acceptors (Lipinski definition) is 3. The summed E-state index contributed by atoms with van der Waals surface area (Å²) in [5.74, 6) is 0. The van der Waals surface area contributed by atoms with E-state index < -0.39 is 10.8 Å². The van der Waals surface area contributed by atoms with Crippen LogP contribution in [0.3, 0.4) is 0 Å². The summed E-state index contributed by atoms with van der Waals surface area (Å²) < 4.78 is 11.9. The van der Waals surface area contributed by atoms with E-state index in [-0.39, 0.29) is 0 Å². The van der Waals surface area contributed by atoms with E-state index in [4.69, 9.17) is 0 Å². The molecule has 1 aliphatic heterocycles. The number of rotatable bonds is 6. The predicted octanol–water partition coefficient (Wildman–Crippen LogP) is 4.90. The summed E-state index contributed by atoms with van der Waals surface area (Å²) in [5.41, 5.74) is 4.92. The molecule has 0 radical (unpaired) electrons. The summed E-state index contributed by atoms with van der Waals surface area (Å²) in [6, 6.07) is 21.4. The highest BCUT2D eigenvalue weighted by Gasteiger charge is 2.14. The Balaban J connectivity index is 1.35. The number of benzene rings is 3. The van der Waals surface area contributed by atoms with Crippen LogP contribution in [-0.2, 0) is 17.2 Å². The molecule has 0 saturated carbocycles. The molecule has 26 heavy (non-hydrogen) atoms. The molecule has 0 aromatic heterocycles. The lowest BCUT2D eigenvalue weighted by molar-refractivity contribution is 0.561. The van der Waals surface area contributed by atoms with Gasteiger partial charge >= 0.3 is 0 Å². The van der Waals surface area contributed by atoms with Crippen molar-refractivity contribution in [1.29, 1.82) is 0 Å². The van der Waals surface area contributed by atoms with Gasteiger partial charge in [0.15, 0.2) is 0 Å². The molecule has 0 spiro atoms. The maximum atomic E-state index is 11.9. The zero-order valence-corrected chi connectivity index (χ0v) is 15.6. The summed E-state index contributed by atoms with van der Waals surface area (Å²) in [6.07, 6.45) is 2.02. The van der Waals surface area contributed by atoms with Crippen LogP contribution in [0.25, 0.3) is 10.8 Å². The van der Waals surface area contributed by atoms with Crippen LogP contribution in [0.5, 0.6) is 0 Å². The molecular weight excluding hydrogens is 340 g/mol. The molecule has 132 valence electrons. The highest BCUT2D eigenvalue weighted by molar-refractivity contribution is 7.99. The highest BCUT2D eigenvalue weighted by Crippen LogP contribution is 2.28. The van der Waals surface area contributed by atoms with Gasteiger partial charge in [0.05, 0.1) is 26.9 Å². The van der Waals surface area contributed by atoms with E-state index in [1.165, 1.54) is 27.4 Å². The van der Waals surface area contributed by atoms with Crippen LogP contribution < -0.4 is 5.32 Å². The SMILES string of the molecule is CC(NCCCc1ccc2c(c1)S(=O)C=N2)c1cccc2ccccc12. The van der Waals surface area contributed by atoms with E-state index in [2.05, 4.69) is 65.8 Å². The molecule has 0 saturated heterocycles. The Morgan fingerprint density at radius 2 is 1.92 bits per heavy atom. The Morgan fingerprint density at radius 1 is 1.08 bits per heavy atom. The Kier molecular flexibility index (Phi) is 4.96. The van der Waals surface area contributed by atoms with E-state index in [1.807, 2.05) is 12.1 Å². The van der Waals surface area contributed by atoms with Gasteiger partial charge in [-0.25, -0.2) is 9.20 Å². The van der Waals surface area contributed by atoms with E-state index in [1.54, 1.807) is 0 Å². The van der Waals surface area contributed by atoms with Gasteiger partial charge < -0.3 is 5.32 Å². The summed E-state index contributed by atoms with van der Waals surface area (Å²) in [5, 5.41) is 6.24. The first-order valence-corrected chi connectivity index (χ1v) is 10.2. The van der Waals surface area contributed by atoms with Crippen molar-refractivity contribution >= 4 is 32.8 Å². The predicted molar refractivity (Wildman–Crippen MR) is 110 cm³/mol. The first-order chi connectivity index (χ1) is 12.7. The number of nitrogens with one attached hydrogen (secondary N) is 1. The second kappa shape index (κ2) is 7.52. The third-order valence-electron chi connectivity index (χ3n) is 4.91. The van der Waals surface area contributed by atoms with Crippen LogP contribution in [-0.4, -0.2) is 16.3 Å². The number of nitrogens with zero attached hydrogens (tertiary/aromatic N) is 1. The Labute approximate surface area is 156 Å². The van der Waals surface area contributed by atoms with Gasteiger partial charge in [0.25, 0.3) is 0 Å². The summed E-state index contributed by atoms with van der Waals surface area (Å²) >= 11 is 0. The molecule has 3 aromatic carbocycles. The molecule has 0 bridgehead atoms. The standard InChI is InChI=1S/C22H22N2OS/c1-16(19-10-4-8-18-7-2-3-9-20(18)19)23-13-5-6-17-11-12-21-22(14-17)26(25)15-24-21/h2-4,7-12,14-16,23H,5-6,13H2,1H3. The smallest absolute Gasteiger partial charge is 0.0984 e. The molecule has 0 fully saturated rings. The van der Waals surface area contributed by atoms with Crippen molar-refractivity contribution in [2.75, 3.05) is 6.54 Å². The van der Waals surface area contributed by atoms with E-state index >= 15 is 0 Å². The van der Waals surface area contributed by atoms with Crippen LogP contribution in [0.2, 0.25) is 0 Å². The average molecular weight is 362 g/mol. The summed E-state index contributed by atoms with van der Waals surface area (Å²) in [6.45, 7) is 3.17. The van der Waals surface area contributed by atoms with E-state index in [9.17, 15) is 4.21 Å². The molecule has 4 heteroatoms. The molecule has 0 aliphatic carbocycles. The third-order valence-corrected chi connectivity index (χ3v) is 5.97. The maximum absolute atomic E-state index is 11.9. The van der Waals surface area contributed by atoms with E-state index in [0.717, 1.165) is 30.0 Å². The Hall–Kier alpha value is -2.30. The zero-order valence-electron chi connectivity index (χ0n) is 14.8. The fourth-order valence-electron chi connectivity index (χ4n) is 3.49. The molecule has 1 aliphatic rings. The summed E-state index contributed by atoms with van der Waals surface area (Å²) in [7, 11) is -1.07. The number of fused-ring (bicyclic) bond motifs is 2. The van der Waals surface area contributed by atoms with Crippen LogP contribution in [0, 0.1) is 0 Å². The second-order valence-electron chi connectivity index (χ2n) is 6.68. The molecule has 4 rings (SSSR count). The first-order valence-electron chi connectivity index (χ1n) is 9.01. The van der Waals surface area contributed by atoms with Crippen molar-refractivity contribution < 1.29 is 4.21 Å². The minimum atomic E-state index is -1.07. The van der Waals surface area contributed by atoms with Gasteiger partial charge in [0.1, 0.15) is 0 Å². The van der Waals surface area contributed by atoms with Crippen LogP contribution >= 0.6 is 0 Å². The molecule has 0 amide bonds. The molecule has 1 N–H and O–H groups in total. The Morgan fingerprint density at radius 3 is 2.85 bits per heavy atom. The van der Waals surface area contributed by atoms with Crippen molar-refractivity contribution in [3.63, 3.8) is 0 Å². The van der Waals surface area contributed by atoms with Gasteiger partial charge in [-0.2, -0.15) is 0 Å². The fraction of sp³-hybridized carbons (Fsp3) is 0.227. The molecule has 3 aromatic rings. The van der Waals surface area contributed by atoms with Crippen molar-refractivity contribution in [2.45, 2.75) is 30.7 Å². The normalized spacial score (nSPS) is 16.7. The average Bonchev–Trinajstić information content (AvgIpc) is 3.05. The quantitative estimate of drug-likeness (QED) is 0.633. The first kappa shape index (κ1) is 17.1. The highest BCUT2D eigenvalue weighted by atomic mass is 32.2. The van der Waals surface area contributed by atoms with Gasteiger partial charge in [0.2, 0.25) is 0 Å². The number of hydrogen-bond donors (Lipinski definition) is 1.